The zero-order chi connectivity index (χ0) is 13.9. The average molecular weight is 267 g/mol. The number of nitrogens with zero attached hydrogens (tertiary/aromatic N) is 1. The predicted molar refractivity (Wildman–Crippen MR) is 76.2 cm³/mol. The van der Waals surface area contributed by atoms with Gasteiger partial charge in [0.15, 0.2) is 6.61 Å². The van der Waals surface area contributed by atoms with Crippen LogP contribution in [-0.2, 0) is 4.79 Å². The first kappa shape index (κ1) is 12.2. The van der Waals surface area contributed by atoms with E-state index < -0.39 is 5.91 Å². The van der Waals surface area contributed by atoms with Gasteiger partial charge in [0.1, 0.15) is 11.6 Å². The summed E-state index contributed by atoms with van der Waals surface area (Å²) in [7, 11) is 0. The van der Waals surface area contributed by atoms with Crippen LogP contribution in [0.25, 0.3) is 22.4 Å². The van der Waals surface area contributed by atoms with E-state index in [1.165, 1.54) is 0 Å². The predicted octanol–water partition coefficient (Wildman–Crippen LogP) is 2.09. The first-order chi connectivity index (χ1) is 9.72. The van der Waals surface area contributed by atoms with Gasteiger partial charge in [0.2, 0.25) is 0 Å². The third kappa shape index (κ3) is 2.47. The summed E-state index contributed by atoms with van der Waals surface area (Å²) in [6.45, 7) is -0.121. The summed E-state index contributed by atoms with van der Waals surface area (Å²) in [6, 6.07) is 15.2. The van der Waals surface area contributed by atoms with E-state index in [0.717, 1.165) is 22.4 Å². The molecular weight excluding hydrogens is 254 g/mol. The number of aromatic amines is 1. The third-order valence-electron chi connectivity index (χ3n) is 2.90. The number of nitrogens with one attached hydrogen (secondary N) is 1. The van der Waals surface area contributed by atoms with Crippen LogP contribution in [0.2, 0.25) is 0 Å². The van der Waals surface area contributed by atoms with E-state index in [9.17, 15) is 4.79 Å². The Bertz CT molecular complexity index is 714. The lowest BCUT2D eigenvalue weighted by Gasteiger charge is -2.03. The van der Waals surface area contributed by atoms with Crippen molar-refractivity contribution >= 4 is 16.9 Å². The molecule has 0 saturated carbocycles. The van der Waals surface area contributed by atoms with Crippen LogP contribution < -0.4 is 10.5 Å². The molecule has 0 aliphatic rings. The van der Waals surface area contributed by atoms with Crippen LogP contribution in [0.15, 0.2) is 48.5 Å². The summed E-state index contributed by atoms with van der Waals surface area (Å²) in [4.78, 5) is 18.4. The van der Waals surface area contributed by atoms with Gasteiger partial charge in [-0.25, -0.2) is 4.98 Å². The maximum atomic E-state index is 10.6. The van der Waals surface area contributed by atoms with E-state index in [0.29, 0.717) is 5.75 Å². The summed E-state index contributed by atoms with van der Waals surface area (Å²) >= 11 is 0. The second-order valence-corrected chi connectivity index (χ2v) is 4.38. The van der Waals surface area contributed by atoms with Gasteiger partial charge >= 0.3 is 0 Å². The molecular formula is C15H13N3O2. The number of ether oxygens (including phenoxy) is 1. The molecule has 0 fully saturated rings. The minimum absolute atomic E-state index is 0.121. The number of rotatable bonds is 4. The molecule has 0 aliphatic heterocycles. The van der Waals surface area contributed by atoms with Crippen LogP contribution in [0.1, 0.15) is 0 Å². The van der Waals surface area contributed by atoms with Crippen LogP contribution in [0.5, 0.6) is 5.75 Å². The van der Waals surface area contributed by atoms with Gasteiger partial charge in [-0.3, -0.25) is 4.79 Å². The zero-order valence-corrected chi connectivity index (χ0v) is 10.7. The van der Waals surface area contributed by atoms with Crippen LogP contribution in [-0.4, -0.2) is 22.5 Å². The number of hydrogen-bond acceptors (Lipinski definition) is 3. The molecule has 2 aromatic carbocycles. The van der Waals surface area contributed by atoms with E-state index in [1.54, 1.807) is 12.1 Å². The average Bonchev–Trinajstić information content (AvgIpc) is 2.89. The number of imidazole rings is 1. The first-order valence-electron chi connectivity index (χ1n) is 6.19. The van der Waals surface area contributed by atoms with Crippen LogP contribution in [0, 0.1) is 0 Å². The number of carbonyl (C=O) groups is 1. The summed E-state index contributed by atoms with van der Waals surface area (Å²) in [5.41, 5.74) is 7.90. The number of para-hydroxylation sites is 2. The molecule has 5 heteroatoms. The molecule has 0 bridgehead atoms. The smallest absolute Gasteiger partial charge is 0.255 e. The van der Waals surface area contributed by atoms with E-state index >= 15 is 0 Å². The van der Waals surface area contributed by atoms with Gasteiger partial charge in [-0.1, -0.05) is 12.1 Å². The molecule has 1 heterocycles. The highest BCUT2D eigenvalue weighted by atomic mass is 16.5. The van der Waals surface area contributed by atoms with E-state index in [-0.39, 0.29) is 6.61 Å². The summed E-state index contributed by atoms with van der Waals surface area (Å²) < 4.78 is 5.21. The van der Waals surface area contributed by atoms with Crippen molar-refractivity contribution < 1.29 is 9.53 Å². The molecule has 3 aromatic rings. The van der Waals surface area contributed by atoms with Crippen molar-refractivity contribution in [1.29, 1.82) is 0 Å². The maximum absolute atomic E-state index is 10.6. The number of amides is 1. The molecule has 0 atom stereocenters. The van der Waals surface area contributed by atoms with Gasteiger partial charge in [-0.15, -0.1) is 0 Å². The Morgan fingerprint density at radius 1 is 1.15 bits per heavy atom. The second-order valence-electron chi connectivity index (χ2n) is 4.38. The van der Waals surface area contributed by atoms with Gasteiger partial charge in [-0.2, -0.15) is 0 Å². The Morgan fingerprint density at radius 2 is 1.90 bits per heavy atom. The lowest BCUT2D eigenvalue weighted by Crippen LogP contribution is -2.19. The maximum Gasteiger partial charge on any atom is 0.255 e. The minimum atomic E-state index is -0.494. The second kappa shape index (κ2) is 5.05. The van der Waals surface area contributed by atoms with Gasteiger partial charge in [-0.05, 0) is 36.4 Å². The third-order valence-corrected chi connectivity index (χ3v) is 2.90. The Hall–Kier alpha value is -2.82. The van der Waals surface area contributed by atoms with Crippen molar-refractivity contribution in [2.24, 2.45) is 5.73 Å². The number of benzene rings is 2. The molecule has 0 saturated heterocycles. The Kier molecular flexibility index (Phi) is 3.09. The number of fused-ring (bicyclic) bond motifs is 1. The molecule has 3 rings (SSSR count). The number of H-pyrrole nitrogens is 1. The van der Waals surface area contributed by atoms with Crippen molar-refractivity contribution in [3.63, 3.8) is 0 Å². The number of aromatic nitrogens is 2. The highest BCUT2D eigenvalue weighted by Gasteiger charge is 2.05. The number of carbonyl (C=O) groups excluding carboxylic acids is 1. The fourth-order valence-corrected chi connectivity index (χ4v) is 1.95. The number of primary amides is 1. The van der Waals surface area contributed by atoms with E-state index in [1.807, 2.05) is 36.4 Å². The molecule has 3 N–H and O–H groups in total. The molecule has 100 valence electrons. The highest BCUT2D eigenvalue weighted by Crippen LogP contribution is 2.22. The number of nitrogens with two attached hydrogens (primary N) is 1. The monoisotopic (exact) mass is 267 g/mol. The topological polar surface area (TPSA) is 81.0 Å². The molecule has 0 spiro atoms. The van der Waals surface area contributed by atoms with Gasteiger partial charge in [0.25, 0.3) is 5.91 Å². The van der Waals surface area contributed by atoms with Crippen LogP contribution in [0.4, 0.5) is 0 Å². The number of hydrogen-bond donors (Lipinski definition) is 2. The molecule has 0 unspecified atom stereocenters. The Labute approximate surface area is 115 Å². The molecule has 0 radical (unpaired) electrons. The van der Waals surface area contributed by atoms with Crippen molar-refractivity contribution in [3.05, 3.63) is 48.5 Å². The highest BCUT2D eigenvalue weighted by molar-refractivity contribution is 5.79. The fraction of sp³-hybridized carbons (Fsp3) is 0.0667. The molecule has 1 amide bonds. The molecule has 5 nitrogen and oxygen atoms in total. The van der Waals surface area contributed by atoms with E-state index in [2.05, 4.69) is 9.97 Å². The largest absolute Gasteiger partial charge is 0.484 e. The normalized spacial score (nSPS) is 10.6. The quantitative estimate of drug-likeness (QED) is 0.759. The van der Waals surface area contributed by atoms with Gasteiger partial charge in [0.05, 0.1) is 11.0 Å². The Morgan fingerprint density at radius 3 is 2.60 bits per heavy atom. The molecule has 20 heavy (non-hydrogen) atoms. The van der Waals surface area contributed by atoms with Crippen molar-refractivity contribution in [2.45, 2.75) is 0 Å². The fourth-order valence-electron chi connectivity index (χ4n) is 1.95. The first-order valence-corrected chi connectivity index (χ1v) is 6.19. The van der Waals surface area contributed by atoms with Crippen molar-refractivity contribution in [1.82, 2.24) is 9.97 Å². The molecule has 1 aromatic heterocycles. The van der Waals surface area contributed by atoms with Crippen LogP contribution >= 0.6 is 0 Å². The lowest BCUT2D eigenvalue weighted by molar-refractivity contribution is -0.119. The summed E-state index contributed by atoms with van der Waals surface area (Å²) in [5.74, 6) is 0.905. The molecule has 0 aliphatic carbocycles. The van der Waals surface area contributed by atoms with Gasteiger partial charge < -0.3 is 15.5 Å². The summed E-state index contributed by atoms with van der Waals surface area (Å²) in [6.07, 6.45) is 0. The van der Waals surface area contributed by atoms with Gasteiger partial charge in [0, 0.05) is 5.56 Å². The van der Waals surface area contributed by atoms with Crippen LogP contribution in [0.3, 0.4) is 0 Å². The van der Waals surface area contributed by atoms with Crippen molar-refractivity contribution in [2.75, 3.05) is 6.61 Å². The van der Waals surface area contributed by atoms with E-state index in [4.69, 9.17) is 10.5 Å². The summed E-state index contributed by atoms with van der Waals surface area (Å²) in [5, 5.41) is 0. The Balaban J connectivity index is 1.85. The standard InChI is InChI=1S/C15H13N3O2/c16-14(19)9-20-11-7-5-10(6-8-11)15-17-12-3-1-2-4-13(12)18-15/h1-8H,9H2,(H2,16,19)(H,17,18). The minimum Gasteiger partial charge on any atom is -0.484 e. The van der Waals surface area contributed by atoms with Crippen molar-refractivity contribution in [3.8, 4) is 17.1 Å². The zero-order valence-electron chi connectivity index (χ0n) is 10.7. The lowest BCUT2D eigenvalue weighted by atomic mass is 10.2. The SMILES string of the molecule is NC(=O)COc1ccc(-c2nc3ccccc3[nH]2)cc1.